The summed E-state index contributed by atoms with van der Waals surface area (Å²) in [5.74, 6) is 0.547. The van der Waals surface area contributed by atoms with Gasteiger partial charge in [-0.2, -0.15) is 0 Å². The number of hydrogen-bond acceptors (Lipinski definition) is 4. The van der Waals surface area contributed by atoms with Crippen molar-refractivity contribution in [3.05, 3.63) is 59.2 Å². The Balaban J connectivity index is 0.00000288. The fourth-order valence-corrected chi connectivity index (χ4v) is 2.22. The van der Waals surface area contributed by atoms with Crippen LogP contribution >= 0.6 is 0 Å². The van der Waals surface area contributed by atoms with Crippen LogP contribution in [-0.4, -0.2) is 24.8 Å². The number of halogens is 1. The fraction of sp³-hybridized carbons (Fsp3) is 0.278. The quantitative estimate of drug-likeness (QED) is 0.706. The first-order valence-corrected chi connectivity index (χ1v) is 7.46. The molecule has 0 spiro atoms. The van der Waals surface area contributed by atoms with Crippen LogP contribution in [0.15, 0.2) is 42.5 Å². The number of hydrogen-bond donors (Lipinski definition) is 2. The summed E-state index contributed by atoms with van der Waals surface area (Å²) in [5.41, 5.74) is 2.43. The van der Waals surface area contributed by atoms with Crippen molar-refractivity contribution >= 4 is 5.97 Å². The number of methoxy groups -OCH3 is 1. The van der Waals surface area contributed by atoms with Crippen molar-refractivity contribution in [1.29, 1.82) is 0 Å². The number of rotatable bonds is 8. The standard InChI is InChI=1S/C18H21NO4.ClH/c1-3-23-17-10-14(6-9-16(17)22-2)12-19-11-13-4-7-15(8-5-13)18(20)21;/h4-10,19H,3,11-12H2,1-2H3,(H,20,21);1H/p-1. The molecule has 0 aliphatic heterocycles. The van der Waals surface area contributed by atoms with Crippen LogP contribution in [0, 0.1) is 0 Å². The van der Waals surface area contributed by atoms with Gasteiger partial charge >= 0.3 is 5.97 Å². The van der Waals surface area contributed by atoms with Gasteiger partial charge in [0.2, 0.25) is 0 Å². The highest BCUT2D eigenvalue weighted by atomic mass is 35.5. The topological polar surface area (TPSA) is 67.8 Å². The van der Waals surface area contributed by atoms with Gasteiger partial charge in [0.25, 0.3) is 0 Å². The third kappa shape index (κ3) is 5.44. The molecule has 2 N–H and O–H groups in total. The van der Waals surface area contributed by atoms with Gasteiger partial charge in [-0.15, -0.1) is 0 Å². The summed E-state index contributed by atoms with van der Waals surface area (Å²) in [4.78, 5) is 10.8. The monoisotopic (exact) mass is 350 g/mol. The SMILES string of the molecule is CCOc1cc(CNCc2ccc(C(=O)O)cc2)ccc1OC.[Cl-]. The van der Waals surface area contributed by atoms with E-state index in [1.165, 1.54) is 0 Å². The molecule has 0 bridgehead atoms. The van der Waals surface area contributed by atoms with E-state index in [4.69, 9.17) is 14.6 Å². The third-order valence-electron chi connectivity index (χ3n) is 3.39. The molecule has 5 nitrogen and oxygen atoms in total. The Morgan fingerprint density at radius 1 is 1.04 bits per heavy atom. The number of aromatic carboxylic acids is 1. The van der Waals surface area contributed by atoms with Crippen LogP contribution in [0.4, 0.5) is 0 Å². The smallest absolute Gasteiger partial charge is 0.335 e. The summed E-state index contributed by atoms with van der Waals surface area (Å²) >= 11 is 0. The molecule has 0 atom stereocenters. The normalized spacial score (nSPS) is 9.92. The molecule has 0 fully saturated rings. The van der Waals surface area contributed by atoms with Crippen molar-refractivity contribution < 1.29 is 31.8 Å². The van der Waals surface area contributed by atoms with Crippen molar-refractivity contribution in [2.45, 2.75) is 20.0 Å². The highest BCUT2D eigenvalue weighted by Crippen LogP contribution is 2.27. The molecule has 0 aromatic heterocycles. The molecule has 0 saturated carbocycles. The first kappa shape index (κ1) is 19.8. The van der Waals surface area contributed by atoms with Crippen molar-refractivity contribution in [3.63, 3.8) is 0 Å². The number of nitrogens with one attached hydrogen (secondary N) is 1. The molecule has 0 unspecified atom stereocenters. The predicted octanol–water partition coefficient (Wildman–Crippen LogP) is 0.0859. The number of carboxylic acids is 1. The highest BCUT2D eigenvalue weighted by Gasteiger charge is 2.05. The molecule has 130 valence electrons. The second kappa shape index (κ2) is 9.80. The lowest BCUT2D eigenvalue weighted by Gasteiger charge is -2.11. The minimum Gasteiger partial charge on any atom is -1.00 e. The molecule has 0 radical (unpaired) electrons. The maximum atomic E-state index is 10.8. The summed E-state index contributed by atoms with van der Waals surface area (Å²) in [7, 11) is 1.62. The maximum absolute atomic E-state index is 10.8. The average molecular weight is 351 g/mol. The predicted molar refractivity (Wildman–Crippen MR) is 88.1 cm³/mol. The van der Waals surface area contributed by atoms with E-state index in [2.05, 4.69) is 5.32 Å². The molecule has 24 heavy (non-hydrogen) atoms. The van der Waals surface area contributed by atoms with E-state index in [1.807, 2.05) is 37.3 Å². The Hall–Kier alpha value is -2.24. The van der Waals surface area contributed by atoms with Crippen LogP contribution in [0.25, 0.3) is 0 Å². The zero-order chi connectivity index (χ0) is 16.7. The molecule has 0 amide bonds. The lowest BCUT2D eigenvalue weighted by Crippen LogP contribution is -3.00. The van der Waals surface area contributed by atoms with Crippen molar-refractivity contribution in [2.24, 2.45) is 0 Å². The Labute approximate surface area is 148 Å². The van der Waals surface area contributed by atoms with Crippen LogP contribution < -0.4 is 27.2 Å². The number of carbonyl (C=O) groups is 1. The molecule has 0 aliphatic rings. The van der Waals surface area contributed by atoms with Gasteiger partial charge in [-0.3, -0.25) is 0 Å². The van der Waals surface area contributed by atoms with E-state index >= 15 is 0 Å². The van der Waals surface area contributed by atoms with Crippen LogP contribution in [0.1, 0.15) is 28.4 Å². The highest BCUT2D eigenvalue weighted by molar-refractivity contribution is 5.87. The molecule has 0 heterocycles. The molecule has 6 heteroatoms. The van der Waals surface area contributed by atoms with Gasteiger partial charge in [0.15, 0.2) is 11.5 Å². The van der Waals surface area contributed by atoms with Gasteiger partial charge in [0, 0.05) is 13.1 Å². The van der Waals surface area contributed by atoms with E-state index in [1.54, 1.807) is 19.2 Å². The van der Waals surface area contributed by atoms with Gasteiger partial charge in [-0.25, -0.2) is 4.79 Å². The van der Waals surface area contributed by atoms with Gasteiger partial charge in [0.05, 0.1) is 19.3 Å². The van der Waals surface area contributed by atoms with Gasteiger partial charge < -0.3 is 32.3 Å². The minimum atomic E-state index is -0.911. The molecule has 2 aromatic rings. The number of ether oxygens (including phenoxy) is 2. The zero-order valence-electron chi connectivity index (χ0n) is 13.7. The summed E-state index contributed by atoms with van der Waals surface area (Å²) in [6.45, 7) is 3.87. The maximum Gasteiger partial charge on any atom is 0.335 e. The molecule has 0 saturated heterocycles. The Bertz CT molecular complexity index is 659. The van der Waals surface area contributed by atoms with Crippen molar-refractivity contribution in [2.75, 3.05) is 13.7 Å². The van der Waals surface area contributed by atoms with E-state index < -0.39 is 5.97 Å². The molecule has 2 aromatic carbocycles. The van der Waals surface area contributed by atoms with Gasteiger partial charge in [0.1, 0.15) is 0 Å². The van der Waals surface area contributed by atoms with E-state index in [0.717, 1.165) is 22.6 Å². The lowest BCUT2D eigenvalue weighted by molar-refractivity contribution is -0.0000210. The van der Waals surface area contributed by atoms with E-state index in [9.17, 15) is 4.79 Å². The Morgan fingerprint density at radius 2 is 1.67 bits per heavy atom. The Morgan fingerprint density at radius 3 is 2.25 bits per heavy atom. The second-order valence-electron chi connectivity index (χ2n) is 5.02. The number of carboxylic acid groups (broad SMARTS) is 1. The molecule has 0 aliphatic carbocycles. The molecule has 2 rings (SSSR count). The van der Waals surface area contributed by atoms with Crippen LogP contribution in [0.3, 0.4) is 0 Å². The largest absolute Gasteiger partial charge is 1.00 e. The van der Waals surface area contributed by atoms with Crippen LogP contribution in [-0.2, 0) is 13.1 Å². The zero-order valence-corrected chi connectivity index (χ0v) is 14.5. The number of benzene rings is 2. The summed E-state index contributed by atoms with van der Waals surface area (Å²) in [6.07, 6.45) is 0. The van der Waals surface area contributed by atoms with Crippen molar-refractivity contribution in [1.82, 2.24) is 5.32 Å². The Kier molecular flexibility index (Phi) is 8.09. The van der Waals surface area contributed by atoms with Gasteiger partial charge in [-0.1, -0.05) is 18.2 Å². The molecular weight excluding hydrogens is 330 g/mol. The first-order chi connectivity index (χ1) is 11.1. The minimum absolute atomic E-state index is 0. The fourth-order valence-electron chi connectivity index (χ4n) is 2.22. The van der Waals surface area contributed by atoms with Crippen LogP contribution in [0.5, 0.6) is 11.5 Å². The summed E-state index contributed by atoms with van der Waals surface area (Å²) in [6, 6.07) is 12.7. The van der Waals surface area contributed by atoms with Crippen molar-refractivity contribution in [3.8, 4) is 11.5 Å². The lowest BCUT2D eigenvalue weighted by atomic mass is 10.1. The third-order valence-corrected chi connectivity index (χ3v) is 3.39. The summed E-state index contributed by atoms with van der Waals surface area (Å²) < 4.78 is 10.8. The van der Waals surface area contributed by atoms with E-state index in [-0.39, 0.29) is 12.4 Å². The summed E-state index contributed by atoms with van der Waals surface area (Å²) in [5, 5.41) is 12.2. The molecular formula is C18H21ClNO4-. The van der Waals surface area contributed by atoms with Gasteiger partial charge in [-0.05, 0) is 42.3 Å². The first-order valence-electron chi connectivity index (χ1n) is 7.46. The van der Waals surface area contributed by atoms with Crippen LogP contribution in [0.2, 0.25) is 0 Å². The van der Waals surface area contributed by atoms with E-state index in [0.29, 0.717) is 25.3 Å². The second-order valence-corrected chi connectivity index (χ2v) is 5.02. The average Bonchev–Trinajstić information content (AvgIpc) is 2.56.